The van der Waals surface area contributed by atoms with Gasteiger partial charge >= 0.3 is 0 Å². The van der Waals surface area contributed by atoms with Crippen molar-refractivity contribution in [2.45, 2.75) is 19.5 Å². The Morgan fingerprint density at radius 3 is 2.75 bits per heavy atom. The molecule has 0 radical (unpaired) electrons. The number of alkyl halides is 1. The summed E-state index contributed by atoms with van der Waals surface area (Å²) in [6.45, 7) is 3.62. The Hall–Kier alpha value is -0.480. The molecule has 0 saturated carbocycles. The topological polar surface area (TPSA) is 38.9 Å². The third-order valence-corrected chi connectivity index (χ3v) is 2.66. The molecule has 0 aliphatic carbocycles. The molecule has 0 fully saturated rings. The van der Waals surface area contributed by atoms with Crippen LogP contribution in [-0.4, -0.2) is 11.5 Å². The normalized spacial score (nSPS) is 16.4. The molecule has 0 aliphatic heterocycles. The second-order valence-electron chi connectivity index (χ2n) is 3.09. The van der Waals surface area contributed by atoms with Gasteiger partial charge in [0, 0.05) is 11.9 Å². The van der Waals surface area contributed by atoms with Crippen LogP contribution in [0.1, 0.15) is 19.5 Å². The van der Waals surface area contributed by atoms with E-state index < -0.39 is 5.67 Å². The van der Waals surface area contributed by atoms with E-state index in [4.69, 9.17) is 5.73 Å². The Morgan fingerprint density at radius 1 is 1.75 bits per heavy atom. The second-order valence-corrected chi connectivity index (χ2v) is 3.81. The van der Waals surface area contributed by atoms with Gasteiger partial charge in [0.05, 0.1) is 11.2 Å². The molecule has 0 spiro atoms. The highest BCUT2D eigenvalue weighted by atomic mass is 32.1. The highest BCUT2D eigenvalue weighted by Gasteiger charge is 2.35. The van der Waals surface area contributed by atoms with Crippen LogP contribution in [-0.2, 0) is 5.67 Å². The standard InChI is InChI=1S/C8H13FN2S/c1-6(2)8(9,4-10)7-3-12-5-11-7/h3,5-6H,4,10H2,1-2H3. The van der Waals surface area contributed by atoms with Crippen molar-refractivity contribution < 1.29 is 4.39 Å². The molecule has 2 N–H and O–H groups in total. The molecule has 1 rings (SSSR count). The van der Waals surface area contributed by atoms with E-state index >= 15 is 0 Å². The molecule has 2 nitrogen and oxygen atoms in total. The van der Waals surface area contributed by atoms with Crippen LogP contribution >= 0.6 is 11.3 Å². The van der Waals surface area contributed by atoms with Crippen LogP contribution in [0.4, 0.5) is 4.39 Å². The minimum Gasteiger partial charge on any atom is -0.327 e. The number of halogens is 1. The van der Waals surface area contributed by atoms with Crippen molar-refractivity contribution in [1.82, 2.24) is 4.98 Å². The summed E-state index contributed by atoms with van der Waals surface area (Å²) in [6.07, 6.45) is 0. The smallest absolute Gasteiger partial charge is 0.167 e. The van der Waals surface area contributed by atoms with E-state index in [-0.39, 0.29) is 12.5 Å². The minimum atomic E-state index is -1.46. The highest BCUT2D eigenvalue weighted by molar-refractivity contribution is 7.07. The summed E-state index contributed by atoms with van der Waals surface area (Å²) in [5.74, 6) is -0.135. The summed E-state index contributed by atoms with van der Waals surface area (Å²) in [4.78, 5) is 3.94. The Bertz CT molecular complexity index is 235. The maximum absolute atomic E-state index is 14.0. The van der Waals surface area contributed by atoms with Crippen molar-refractivity contribution in [3.05, 3.63) is 16.6 Å². The number of hydrogen-bond donors (Lipinski definition) is 1. The molecule has 12 heavy (non-hydrogen) atoms. The fraction of sp³-hybridized carbons (Fsp3) is 0.625. The summed E-state index contributed by atoms with van der Waals surface area (Å²) in [5, 5.41) is 1.72. The molecule has 1 aromatic heterocycles. The van der Waals surface area contributed by atoms with Gasteiger partial charge in [-0.1, -0.05) is 13.8 Å². The molecule has 68 valence electrons. The maximum atomic E-state index is 14.0. The van der Waals surface area contributed by atoms with E-state index in [0.717, 1.165) is 0 Å². The summed E-state index contributed by atoms with van der Waals surface area (Å²) in [5.41, 5.74) is 6.02. The van der Waals surface area contributed by atoms with Gasteiger partial charge < -0.3 is 5.73 Å². The average Bonchev–Trinajstić information content (AvgIpc) is 2.54. The average molecular weight is 188 g/mol. The van der Waals surface area contributed by atoms with Crippen molar-refractivity contribution in [3.8, 4) is 0 Å². The van der Waals surface area contributed by atoms with Gasteiger partial charge in [-0.3, -0.25) is 0 Å². The van der Waals surface area contributed by atoms with Gasteiger partial charge in [0.25, 0.3) is 0 Å². The van der Waals surface area contributed by atoms with Crippen molar-refractivity contribution >= 4 is 11.3 Å². The van der Waals surface area contributed by atoms with Crippen molar-refractivity contribution in [3.63, 3.8) is 0 Å². The number of hydrogen-bond acceptors (Lipinski definition) is 3. The molecule has 1 aromatic rings. The van der Waals surface area contributed by atoms with E-state index in [0.29, 0.717) is 5.69 Å². The van der Waals surface area contributed by atoms with Crippen LogP contribution < -0.4 is 5.73 Å². The molecule has 4 heteroatoms. The van der Waals surface area contributed by atoms with Crippen molar-refractivity contribution in [2.75, 3.05) is 6.54 Å². The zero-order chi connectivity index (χ0) is 9.19. The lowest BCUT2D eigenvalue weighted by atomic mass is 9.90. The monoisotopic (exact) mass is 188 g/mol. The third kappa shape index (κ3) is 1.49. The van der Waals surface area contributed by atoms with Crippen LogP contribution in [0.5, 0.6) is 0 Å². The first-order valence-electron chi connectivity index (χ1n) is 3.89. The van der Waals surface area contributed by atoms with Gasteiger partial charge in [-0.25, -0.2) is 9.37 Å². The Kier molecular flexibility index (Phi) is 2.80. The minimum absolute atomic E-state index is 0.00556. The van der Waals surface area contributed by atoms with E-state index in [1.165, 1.54) is 11.3 Å². The molecule has 0 aromatic carbocycles. The van der Waals surface area contributed by atoms with Gasteiger partial charge in [0.1, 0.15) is 0 Å². The van der Waals surface area contributed by atoms with E-state index in [1.54, 1.807) is 10.9 Å². The Labute approximate surface area is 75.6 Å². The van der Waals surface area contributed by atoms with Gasteiger partial charge in [-0.2, -0.15) is 0 Å². The molecule has 1 heterocycles. The lowest BCUT2D eigenvalue weighted by Crippen LogP contribution is -2.35. The van der Waals surface area contributed by atoms with Crippen LogP contribution in [0.3, 0.4) is 0 Å². The molecular weight excluding hydrogens is 175 g/mol. The zero-order valence-electron chi connectivity index (χ0n) is 7.25. The molecule has 0 amide bonds. The van der Waals surface area contributed by atoms with Gasteiger partial charge in [-0.05, 0) is 5.92 Å². The fourth-order valence-electron chi connectivity index (χ4n) is 1.05. The highest BCUT2D eigenvalue weighted by Crippen LogP contribution is 2.32. The Morgan fingerprint density at radius 2 is 2.42 bits per heavy atom. The fourth-order valence-corrected chi connectivity index (χ4v) is 1.67. The lowest BCUT2D eigenvalue weighted by molar-refractivity contribution is 0.105. The molecule has 0 aliphatic rings. The van der Waals surface area contributed by atoms with Crippen LogP contribution in [0.2, 0.25) is 0 Å². The number of rotatable bonds is 3. The van der Waals surface area contributed by atoms with Crippen LogP contribution in [0.15, 0.2) is 10.9 Å². The summed E-state index contributed by atoms with van der Waals surface area (Å²) >= 11 is 1.39. The zero-order valence-corrected chi connectivity index (χ0v) is 8.07. The first kappa shape index (κ1) is 9.61. The Balaban J connectivity index is 2.96. The predicted molar refractivity (Wildman–Crippen MR) is 48.8 cm³/mol. The van der Waals surface area contributed by atoms with Crippen LogP contribution in [0, 0.1) is 5.92 Å². The summed E-state index contributed by atoms with van der Waals surface area (Å²) in [7, 11) is 0. The van der Waals surface area contributed by atoms with Gasteiger partial charge in [-0.15, -0.1) is 11.3 Å². The first-order valence-corrected chi connectivity index (χ1v) is 4.83. The van der Waals surface area contributed by atoms with E-state index in [1.807, 2.05) is 13.8 Å². The van der Waals surface area contributed by atoms with Crippen molar-refractivity contribution in [1.29, 1.82) is 0 Å². The van der Waals surface area contributed by atoms with E-state index in [2.05, 4.69) is 4.98 Å². The van der Waals surface area contributed by atoms with E-state index in [9.17, 15) is 4.39 Å². The second kappa shape index (κ2) is 3.49. The molecule has 0 bridgehead atoms. The number of aromatic nitrogens is 1. The summed E-state index contributed by atoms with van der Waals surface area (Å²) < 4.78 is 14.0. The molecular formula is C8H13FN2S. The molecule has 1 atom stereocenters. The van der Waals surface area contributed by atoms with Gasteiger partial charge in [0.15, 0.2) is 5.67 Å². The number of nitrogens with two attached hydrogens (primary N) is 1. The van der Waals surface area contributed by atoms with Crippen LogP contribution in [0.25, 0.3) is 0 Å². The first-order chi connectivity index (χ1) is 5.61. The van der Waals surface area contributed by atoms with Gasteiger partial charge in [0.2, 0.25) is 0 Å². The lowest BCUT2D eigenvalue weighted by Gasteiger charge is -2.25. The number of nitrogens with zero attached hydrogens (tertiary/aromatic N) is 1. The molecule has 0 saturated heterocycles. The largest absolute Gasteiger partial charge is 0.327 e. The third-order valence-electron chi connectivity index (χ3n) is 2.07. The molecule has 1 unspecified atom stereocenters. The maximum Gasteiger partial charge on any atom is 0.167 e. The summed E-state index contributed by atoms with van der Waals surface area (Å²) in [6, 6.07) is 0. The number of thiazole rings is 1. The quantitative estimate of drug-likeness (QED) is 0.787. The predicted octanol–water partition coefficient (Wildman–Crippen LogP) is 1.92. The van der Waals surface area contributed by atoms with Crippen molar-refractivity contribution in [2.24, 2.45) is 11.7 Å². The SMILES string of the molecule is CC(C)C(F)(CN)c1cscn1.